The maximum absolute atomic E-state index is 13.2. The lowest BCUT2D eigenvalue weighted by Gasteiger charge is -2.38. The second-order valence-electron chi connectivity index (χ2n) is 9.13. The molecule has 1 saturated heterocycles. The number of halogens is 1. The van der Waals surface area contributed by atoms with E-state index in [2.05, 4.69) is 9.97 Å². The molecular weight excluding hydrogens is 409 g/mol. The van der Waals surface area contributed by atoms with Gasteiger partial charge in [0.2, 0.25) is 5.91 Å². The number of hydrogen-bond acceptors (Lipinski definition) is 5. The van der Waals surface area contributed by atoms with Crippen molar-refractivity contribution < 1.29 is 18.8 Å². The summed E-state index contributed by atoms with van der Waals surface area (Å²) in [5.41, 5.74) is 3.19. The first-order valence-corrected chi connectivity index (χ1v) is 11.1. The van der Waals surface area contributed by atoms with E-state index in [1.165, 1.54) is 0 Å². The van der Waals surface area contributed by atoms with E-state index in [-0.39, 0.29) is 23.4 Å². The molecule has 1 aliphatic carbocycles. The van der Waals surface area contributed by atoms with Crippen molar-refractivity contribution in [2.75, 3.05) is 13.1 Å². The molecule has 2 heterocycles. The number of piperidine rings is 1. The topological polar surface area (TPSA) is 80.2 Å². The largest absolute Gasteiger partial charge is 0.343 e. The average Bonchev–Trinajstić information content (AvgIpc) is 2.75. The number of aryl methyl sites for hydroxylation is 2. The fraction of sp³-hybridized carbons (Fsp3) is 0.480. The highest BCUT2D eigenvalue weighted by molar-refractivity contribution is 6.10. The fourth-order valence-corrected chi connectivity index (χ4v) is 5.37. The number of amides is 1. The van der Waals surface area contributed by atoms with Crippen molar-refractivity contribution in [1.29, 1.82) is 0 Å². The van der Waals surface area contributed by atoms with E-state index in [1.54, 1.807) is 6.92 Å². The van der Waals surface area contributed by atoms with Crippen LogP contribution in [0, 0.1) is 31.5 Å². The molecular formula is C25H28FN3O3. The number of likely N-dealkylation sites (tertiary alicyclic amines) is 1. The standard InChI is InChI=1S/C25H28FN3O3/c1-14-8-19(25-27-12-20(26)13-28-25)9-15(2)23(14)24-21(31)10-18(11-22(24)32)17-4-6-29(7-5-17)16(3)30/h8-9,12-13,17-18,24H,4-7,10-11H2,1-3H3. The molecule has 1 amide bonds. The van der Waals surface area contributed by atoms with Gasteiger partial charge in [-0.3, -0.25) is 14.4 Å². The lowest BCUT2D eigenvalue weighted by Crippen LogP contribution is -2.42. The van der Waals surface area contributed by atoms with Crippen LogP contribution in [0.2, 0.25) is 0 Å². The number of carbonyl (C=O) groups excluding carboxylic acids is 3. The lowest BCUT2D eigenvalue weighted by atomic mass is 9.69. The summed E-state index contributed by atoms with van der Waals surface area (Å²) >= 11 is 0. The minimum Gasteiger partial charge on any atom is -0.343 e. The van der Waals surface area contributed by atoms with Gasteiger partial charge in [0.05, 0.1) is 12.4 Å². The van der Waals surface area contributed by atoms with E-state index in [4.69, 9.17) is 0 Å². The Morgan fingerprint density at radius 1 is 0.969 bits per heavy atom. The van der Waals surface area contributed by atoms with E-state index in [0.29, 0.717) is 37.7 Å². The molecule has 1 saturated carbocycles. The minimum atomic E-state index is -0.730. The molecule has 2 aromatic rings. The summed E-state index contributed by atoms with van der Waals surface area (Å²) in [6.45, 7) is 6.76. The Labute approximate surface area is 187 Å². The third-order valence-electron chi connectivity index (χ3n) is 6.98. The molecule has 32 heavy (non-hydrogen) atoms. The van der Waals surface area contributed by atoms with E-state index < -0.39 is 11.7 Å². The molecule has 1 aromatic heterocycles. The summed E-state index contributed by atoms with van der Waals surface area (Å²) in [5, 5.41) is 0. The van der Waals surface area contributed by atoms with Crippen LogP contribution in [0.5, 0.6) is 0 Å². The Bertz CT molecular complexity index is 1020. The van der Waals surface area contributed by atoms with Gasteiger partial charge in [-0.25, -0.2) is 14.4 Å². The molecule has 4 rings (SSSR count). The van der Waals surface area contributed by atoms with Gasteiger partial charge in [0, 0.05) is 38.4 Å². The lowest BCUT2D eigenvalue weighted by molar-refractivity contribution is -0.136. The molecule has 0 N–H and O–H groups in total. The van der Waals surface area contributed by atoms with Gasteiger partial charge in [-0.15, -0.1) is 0 Å². The Balaban J connectivity index is 1.52. The monoisotopic (exact) mass is 437 g/mol. The van der Waals surface area contributed by atoms with Crippen molar-refractivity contribution in [1.82, 2.24) is 14.9 Å². The molecule has 6 nitrogen and oxygen atoms in total. The predicted octanol–water partition coefficient (Wildman–Crippen LogP) is 3.79. The van der Waals surface area contributed by atoms with Crippen LogP contribution in [0.3, 0.4) is 0 Å². The van der Waals surface area contributed by atoms with E-state index in [0.717, 1.165) is 47.5 Å². The summed E-state index contributed by atoms with van der Waals surface area (Å²) < 4.78 is 13.2. The summed E-state index contributed by atoms with van der Waals surface area (Å²) in [5.74, 6) is -0.408. The van der Waals surface area contributed by atoms with E-state index in [9.17, 15) is 18.8 Å². The van der Waals surface area contributed by atoms with Crippen LogP contribution in [0.25, 0.3) is 11.4 Å². The Kier molecular flexibility index (Phi) is 6.17. The molecule has 0 unspecified atom stereocenters. The predicted molar refractivity (Wildman–Crippen MR) is 117 cm³/mol. The normalized spacial score (nSPS) is 22.3. The van der Waals surface area contributed by atoms with Crippen LogP contribution >= 0.6 is 0 Å². The summed E-state index contributed by atoms with van der Waals surface area (Å²) in [7, 11) is 0. The highest BCUT2D eigenvalue weighted by Gasteiger charge is 2.41. The number of ketones is 2. The smallest absolute Gasteiger partial charge is 0.219 e. The molecule has 0 radical (unpaired) electrons. The van der Waals surface area contributed by atoms with Gasteiger partial charge < -0.3 is 4.90 Å². The number of hydrogen-bond donors (Lipinski definition) is 0. The van der Waals surface area contributed by atoms with Gasteiger partial charge in [-0.2, -0.15) is 0 Å². The Morgan fingerprint density at radius 2 is 1.50 bits per heavy atom. The number of nitrogens with zero attached hydrogens (tertiary/aromatic N) is 3. The summed E-state index contributed by atoms with van der Waals surface area (Å²) in [6, 6.07) is 3.72. The average molecular weight is 438 g/mol. The first kappa shape index (κ1) is 22.2. The molecule has 2 fully saturated rings. The van der Waals surface area contributed by atoms with Crippen LogP contribution < -0.4 is 0 Å². The zero-order valence-electron chi connectivity index (χ0n) is 18.7. The molecule has 0 spiro atoms. The third-order valence-corrected chi connectivity index (χ3v) is 6.98. The second-order valence-corrected chi connectivity index (χ2v) is 9.13. The zero-order chi connectivity index (χ0) is 23.0. The van der Waals surface area contributed by atoms with Gasteiger partial charge in [0.1, 0.15) is 17.5 Å². The molecule has 1 aliphatic heterocycles. The highest BCUT2D eigenvalue weighted by atomic mass is 19.1. The van der Waals surface area contributed by atoms with Gasteiger partial charge >= 0.3 is 0 Å². The van der Waals surface area contributed by atoms with Crippen LogP contribution in [-0.2, 0) is 14.4 Å². The van der Waals surface area contributed by atoms with Gasteiger partial charge in [-0.05, 0) is 67.3 Å². The van der Waals surface area contributed by atoms with Crippen molar-refractivity contribution in [3.05, 3.63) is 47.0 Å². The maximum Gasteiger partial charge on any atom is 0.219 e. The van der Waals surface area contributed by atoms with Crippen LogP contribution in [0.15, 0.2) is 24.5 Å². The highest BCUT2D eigenvalue weighted by Crippen LogP contribution is 2.40. The van der Waals surface area contributed by atoms with E-state index in [1.807, 2.05) is 30.9 Å². The van der Waals surface area contributed by atoms with Gasteiger partial charge in [0.25, 0.3) is 0 Å². The quantitative estimate of drug-likeness (QED) is 0.683. The maximum atomic E-state index is 13.2. The number of rotatable bonds is 3. The van der Waals surface area contributed by atoms with Crippen LogP contribution in [0.4, 0.5) is 4.39 Å². The number of benzene rings is 1. The van der Waals surface area contributed by atoms with Gasteiger partial charge in [0.15, 0.2) is 11.6 Å². The third kappa shape index (κ3) is 4.33. The fourth-order valence-electron chi connectivity index (χ4n) is 5.37. The first-order valence-electron chi connectivity index (χ1n) is 11.1. The Hall–Kier alpha value is -2.96. The van der Waals surface area contributed by atoms with Crippen molar-refractivity contribution >= 4 is 17.5 Å². The molecule has 0 atom stereocenters. The van der Waals surface area contributed by atoms with Crippen molar-refractivity contribution in [3.63, 3.8) is 0 Å². The summed E-state index contributed by atoms with van der Waals surface area (Å²) in [4.78, 5) is 47.8. The number of Topliss-reactive ketones (excluding diaryl/α,β-unsaturated/α-hetero) is 2. The molecule has 168 valence electrons. The Morgan fingerprint density at radius 3 is 2.00 bits per heavy atom. The van der Waals surface area contributed by atoms with E-state index >= 15 is 0 Å². The van der Waals surface area contributed by atoms with Crippen LogP contribution in [-0.4, -0.2) is 45.4 Å². The number of carbonyl (C=O) groups is 3. The van der Waals surface area contributed by atoms with Crippen molar-refractivity contribution in [3.8, 4) is 11.4 Å². The molecule has 7 heteroatoms. The molecule has 2 aliphatic rings. The van der Waals surface area contributed by atoms with Crippen molar-refractivity contribution in [2.45, 2.75) is 52.4 Å². The summed E-state index contributed by atoms with van der Waals surface area (Å²) in [6.07, 6.45) is 4.75. The van der Waals surface area contributed by atoms with Crippen molar-refractivity contribution in [2.24, 2.45) is 11.8 Å². The zero-order valence-corrected chi connectivity index (χ0v) is 18.7. The van der Waals surface area contributed by atoms with Crippen LogP contribution in [0.1, 0.15) is 55.2 Å². The minimum absolute atomic E-state index is 0.0165. The first-order chi connectivity index (χ1) is 15.2. The molecule has 1 aromatic carbocycles. The number of aromatic nitrogens is 2. The van der Waals surface area contributed by atoms with Gasteiger partial charge in [-0.1, -0.05) is 0 Å². The molecule has 0 bridgehead atoms. The SMILES string of the molecule is CC(=O)N1CCC(C2CC(=O)C(c3c(C)cc(-c4ncc(F)cn4)cc3C)C(=O)C2)CC1. The second kappa shape index (κ2) is 8.88.